The summed E-state index contributed by atoms with van der Waals surface area (Å²) in [5.41, 5.74) is 2.30. The molecular formula is C35H46ClN5O4. The highest BCUT2D eigenvalue weighted by Crippen LogP contribution is 2.35. The fraction of sp³-hybridized carbons (Fsp3) is 0.486. The number of hydrogen-bond donors (Lipinski definition) is 1. The van der Waals surface area contributed by atoms with Crippen LogP contribution in [0, 0.1) is 5.41 Å². The van der Waals surface area contributed by atoms with Gasteiger partial charge in [-0.3, -0.25) is 14.4 Å². The first-order chi connectivity index (χ1) is 21.3. The predicted molar refractivity (Wildman–Crippen MR) is 179 cm³/mol. The van der Waals surface area contributed by atoms with E-state index in [0.29, 0.717) is 44.3 Å². The zero-order chi connectivity index (χ0) is 31.1. The number of esters is 1. The Morgan fingerprint density at radius 2 is 1.67 bits per heavy atom. The van der Waals surface area contributed by atoms with Gasteiger partial charge in [0.2, 0.25) is 5.91 Å². The number of nitrogens with zero attached hydrogens (tertiary/aromatic N) is 4. The number of piperazine rings is 1. The second-order valence-electron chi connectivity index (χ2n) is 12.6. The minimum Gasteiger partial charge on any atom is -0.469 e. The zero-order valence-electron chi connectivity index (χ0n) is 26.6. The summed E-state index contributed by atoms with van der Waals surface area (Å²) in [6.07, 6.45) is 8.16. The Morgan fingerprint density at radius 1 is 1.00 bits per heavy atom. The van der Waals surface area contributed by atoms with Gasteiger partial charge in [0.25, 0.3) is 5.91 Å². The third-order valence-electron chi connectivity index (χ3n) is 9.09. The number of hydrogen-bond acceptors (Lipinski definition) is 6. The van der Waals surface area contributed by atoms with Gasteiger partial charge in [-0.15, -0.1) is 12.4 Å². The maximum atomic E-state index is 14.4. The number of aromatic nitrogens is 2. The van der Waals surface area contributed by atoms with Gasteiger partial charge in [-0.1, -0.05) is 67.8 Å². The number of imidazole rings is 1. The van der Waals surface area contributed by atoms with E-state index in [9.17, 15) is 14.4 Å². The Labute approximate surface area is 272 Å². The number of anilines is 1. The highest BCUT2D eigenvalue weighted by Gasteiger charge is 2.35. The molecule has 1 aromatic heterocycles. The summed E-state index contributed by atoms with van der Waals surface area (Å²) in [6, 6.07) is 19.7. The van der Waals surface area contributed by atoms with Crippen LogP contribution in [0.25, 0.3) is 11.3 Å². The second kappa shape index (κ2) is 15.5. The molecule has 5 rings (SSSR count). The first-order valence-corrected chi connectivity index (χ1v) is 15.9. The number of amides is 2. The highest BCUT2D eigenvalue weighted by atomic mass is 35.5. The molecule has 2 fully saturated rings. The Morgan fingerprint density at radius 3 is 2.33 bits per heavy atom. The van der Waals surface area contributed by atoms with E-state index in [1.165, 1.54) is 26.4 Å². The average molecular weight is 636 g/mol. The summed E-state index contributed by atoms with van der Waals surface area (Å²) < 4.78 is 7.18. The number of carbonyl (C=O) groups excluding carboxylic acids is 3. The molecule has 2 aromatic carbocycles. The topological polar surface area (TPSA) is 96.8 Å². The lowest BCUT2D eigenvalue weighted by molar-refractivity contribution is -0.151. The molecule has 1 saturated heterocycles. The summed E-state index contributed by atoms with van der Waals surface area (Å²) in [7, 11) is 1.37. The van der Waals surface area contributed by atoms with Crippen molar-refractivity contribution in [3.8, 4) is 11.3 Å². The fourth-order valence-corrected chi connectivity index (χ4v) is 6.47. The molecule has 0 radical (unpaired) electrons. The van der Waals surface area contributed by atoms with Crippen molar-refractivity contribution >= 4 is 35.9 Å². The predicted octanol–water partition coefficient (Wildman–Crippen LogP) is 5.90. The normalized spacial score (nSPS) is 17.3. The molecule has 0 spiro atoms. The lowest BCUT2D eigenvalue weighted by Gasteiger charge is -2.39. The Kier molecular flexibility index (Phi) is 11.8. The molecule has 1 aliphatic carbocycles. The van der Waals surface area contributed by atoms with Crippen LogP contribution in [0.1, 0.15) is 75.3 Å². The molecule has 3 aromatic rings. The number of methoxy groups -OCH3 is 1. The van der Waals surface area contributed by atoms with Gasteiger partial charge in [-0.25, -0.2) is 4.98 Å². The SMILES string of the molecule is COC(=O)C(C)(C)CCC(=O)N(C[C@@H]1CNCCN1C(=O)c1ncn(C2CCCCC2)c1-c1ccccc1)c1ccccc1.Cl. The van der Waals surface area contributed by atoms with Crippen molar-refractivity contribution < 1.29 is 19.1 Å². The van der Waals surface area contributed by atoms with Crippen LogP contribution < -0.4 is 10.2 Å². The number of carbonyl (C=O) groups is 3. The van der Waals surface area contributed by atoms with Crippen molar-refractivity contribution in [3.05, 3.63) is 72.7 Å². The highest BCUT2D eigenvalue weighted by molar-refractivity contribution is 5.99. The van der Waals surface area contributed by atoms with Gasteiger partial charge >= 0.3 is 5.97 Å². The second-order valence-corrected chi connectivity index (χ2v) is 12.6. The van der Waals surface area contributed by atoms with Gasteiger partial charge in [-0.2, -0.15) is 0 Å². The fourth-order valence-electron chi connectivity index (χ4n) is 6.47. The summed E-state index contributed by atoms with van der Waals surface area (Å²) in [5.74, 6) is -0.554. The maximum Gasteiger partial charge on any atom is 0.311 e. The summed E-state index contributed by atoms with van der Waals surface area (Å²) >= 11 is 0. The molecule has 2 aliphatic rings. The van der Waals surface area contributed by atoms with Crippen LogP contribution in [-0.2, 0) is 14.3 Å². The van der Waals surface area contributed by atoms with Crippen molar-refractivity contribution in [2.45, 2.75) is 70.9 Å². The summed E-state index contributed by atoms with van der Waals surface area (Å²) in [4.78, 5) is 48.9. The molecule has 1 atom stereocenters. The van der Waals surface area contributed by atoms with Gasteiger partial charge in [0.15, 0.2) is 5.69 Å². The van der Waals surface area contributed by atoms with Gasteiger partial charge in [0.1, 0.15) is 0 Å². The molecule has 1 N–H and O–H groups in total. The van der Waals surface area contributed by atoms with E-state index in [1.807, 2.05) is 71.9 Å². The molecule has 0 unspecified atom stereocenters. The minimum absolute atomic E-state index is 0. The molecule has 2 amide bonds. The van der Waals surface area contributed by atoms with Crippen LogP contribution in [0.5, 0.6) is 0 Å². The zero-order valence-corrected chi connectivity index (χ0v) is 27.4. The van der Waals surface area contributed by atoms with Gasteiger partial charge in [0, 0.05) is 49.9 Å². The third kappa shape index (κ3) is 7.94. The number of rotatable bonds is 10. The van der Waals surface area contributed by atoms with E-state index < -0.39 is 5.41 Å². The van der Waals surface area contributed by atoms with Crippen LogP contribution in [0.15, 0.2) is 67.0 Å². The Hall–Kier alpha value is -3.69. The molecule has 1 saturated carbocycles. The number of para-hydroxylation sites is 1. The van der Waals surface area contributed by atoms with Crippen molar-refractivity contribution in [1.29, 1.82) is 0 Å². The van der Waals surface area contributed by atoms with Crippen LogP contribution in [-0.4, -0.2) is 71.6 Å². The molecule has 1 aliphatic heterocycles. The number of halogens is 1. The lowest BCUT2D eigenvalue weighted by Crippen LogP contribution is -2.58. The summed E-state index contributed by atoms with van der Waals surface area (Å²) in [6.45, 7) is 5.64. The molecule has 9 nitrogen and oxygen atoms in total. The van der Waals surface area contributed by atoms with Crippen molar-refractivity contribution in [3.63, 3.8) is 0 Å². The number of ether oxygens (including phenoxy) is 1. The Bertz CT molecular complexity index is 1420. The third-order valence-corrected chi connectivity index (χ3v) is 9.09. The van der Waals surface area contributed by atoms with Crippen LogP contribution >= 0.6 is 12.4 Å². The quantitative estimate of drug-likeness (QED) is 0.279. The molecule has 0 bridgehead atoms. The van der Waals surface area contributed by atoms with E-state index in [4.69, 9.17) is 9.72 Å². The van der Waals surface area contributed by atoms with Gasteiger partial charge in [-0.05, 0) is 45.2 Å². The smallest absolute Gasteiger partial charge is 0.311 e. The van der Waals surface area contributed by atoms with Crippen molar-refractivity contribution in [2.24, 2.45) is 5.41 Å². The Balaban J connectivity index is 0.00000461. The van der Waals surface area contributed by atoms with Crippen LogP contribution in [0.4, 0.5) is 5.69 Å². The van der Waals surface area contributed by atoms with E-state index in [-0.39, 0.29) is 42.7 Å². The minimum atomic E-state index is -0.786. The molecule has 2 heterocycles. The summed E-state index contributed by atoms with van der Waals surface area (Å²) in [5, 5.41) is 3.43. The lowest BCUT2D eigenvalue weighted by atomic mass is 9.87. The van der Waals surface area contributed by atoms with Gasteiger partial charge < -0.3 is 24.4 Å². The average Bonchev–Trinajstić information content (AvgIpc) is 3.52. The molecule has 10 heteroatoms. The van der Waals surface area contributed by atoms with E-state index in [1.54, 1.807) is 18.7 Å². The van der Waals surface area contributed by atoms with Gasteiger partial charge in [0.05, 0.1) is 30.6 Å². The maximum absolute atomic E-state index is 14.4. The largest absolute Gasteiger partial charge is 0.469 e. The molecule has 242 valence electrons. The molecular weight excluding hydrogens is 590 g/mol. The van der Waals surface area contributed by atoms with E-state index in [2.05, 4.69) is 9.88 Å². The standard InChI is InChI=1S/C35H45N5O4.ClH/c1-35(2,34(43)44-3)20-19-30(41)39(27-15-9-5-10-16-27)24-29-23-36-21-22-38(29)33(42)31-32(26-13-7-4-8-14-26)40(25-37-31)28-17-11-6-12-18-28;/h4-5,7-10,13-16,25,28-29,36H,6,11-12,17-24H2,1-3H3;1H/t29-;/m0./s1. The van der Waals surface area contributed by atoms with E-state index in [0.717, 1.165) is 29.8 Å². The first kappa shape index (κ1) is 34.2. The van der Waals surface area contributed by atoms with Crippen LogP contribution in [0.3, 0.4) is 0 Å². The van der Waals surface area contributed by atoms with Crippen molar-refractivity contribution in [1.82, 2.24) is 19.8 Å². The number of nitrogens with one attached hydrogen (secondary N) is 1. The number of benzene rings is 2. The van der Waals surface area contributed by atoms with E-state index >= 15 is 0 Å². The first-order valence-electron chi connectivity index (χ1n) is 15.9. The van der Waals surface area contributed by atoms with Crippen molar-refractivity contribution in [2.75, 3.05) is 38.2 Å². The molecule has 45 heavy (non-hydrogen) atoms. The van der Waals surface area contributed by atoms with Crippen LogP contribution in [0.2, 0.25) is 0 Å². The monoisotopic (exact) mass is 635 g/mol.